The lowest BCUT2D eigenvalue weighted by molar-refractivity contribution is 0.392. The first kappa shape index (κ1) is 14.7. The molecule has 0 bridgehead atoms. The van der Waals surface area contributed by atoms with Crippen molar-refractivity contribution in [3.05, 3.63) is 23.8 Å². The lowest BCUT2D eigenvalue weighted by Gasteiger charge is -2.21. The Morgan fingerprint density at radius 2 is 2.17 bits per heavy atom. The Bertz CT molecular complexity index is 421. The standard InChI is InChI=1S/C13H21N3OS/c1-9(8-16(2)3)15-12-7-10(17-4)5-6-11(12)13(14)18/h5-7,9,15H,8H2,1-4H3,(H2,14,18). The van der Waals surface area contributed by atoms with E-state index in [1.54, 1.807) is 7.11 Å². The topological polar surface area (TPSA) is 50.5 Å². The molecule has 0 spiro atoms. The van der Waals surface area contributed by atoms with Crippen LogP contribution in [0.3, 0.4) is 0 Å². The zero-order valence-electron chi connectivity index (χ0n) is 11.4. The second kappa shape index (κ2) is 6.56. The minimum atomic E-state index is 0.292. The molecule has 100 valence electrons. The lowest BCUT2D eigenvalue weighted by Crippen LogP contribution is -2.30. The Balaban J connectivity index is 2.93. The van der Waals surface area contributed by atoms with Gasteiger partial charge in [0, 0.05) is 29.9 Å². The molecule has 3 N–H and O–H groups in total. The first-order valence-corrected chi connectivity index (χ1v) is 6.24. The van der Waals surface area contributed by atoms with Gasteiger partial charge in [-0.15, -0.1) is 0 Å². The predicted octanol–water partition coefficient (Wildman–Crippen LogP) is 1.69. The quantitative estimate of drug-likeness (QED) is 0.768. The monoisotopic (exact) mass is 267 g/mol. The van der Waals surface area contributed by atoms with Gasteiger partial charge in [0.15, 0.2) is 0 Å². The van der Waals surface area contributed by atoms with Crippen LogP contribution in [0.5, 0.6) is 5.75 Å². The van der Waals surface area contributed by atoms with Crippen LogP contribution in [0.15, 0.2) is 18.2 Å². The van der Waals surface area contributed by atoms with E-state index >= 15 is 0 Å². The Morgan fingerprint density at radius 1 is 1.50 bits per heavy atom. The molecule has 5 heteroatoms. The molecule has 1 aromatic carbocycles. The fourth-order valence-electron chi connectivity index (χ4n) is 1.84. The average Bonchev–Trinajstić information content (AvgIpc) is 2.27. The summed E-state index contributed by atoms with van der Waals surface area (Å²) in [6, 6.07) is 5.95. The van der Waals surface area contributed by atoms with Gasteiger partial charge in [0.1, 0.15) is 10.7 Å². The third kappa shape index (κ3) is 4.16. The van der Waals surface area contributed by atoms with E-state index in [9.17, 15) is 0 Å². The molecule has 18 heavy (non-hydrogen) atoms. The second-order valence-electron chi connectivity index (χ2n) is 4.58. The minimum absolute atomic E-state index is 0.292. The number of methoxy groups -OCH3 is 1. The van der Waals surface area contributed by atoms with Gasteiger partial charge in [-0.1, -0.05) is 12.2 Å². The van der Waals surface area contributed by atoms with Crippen LogP contribution in [0.1, 0.15) is 12.5 Å². The molecule has 0 saturated heterocycles. The van der Waals surface area contributed by atoms with Gasteiger partial charge < -0.3 is 20.7 Å². The molecule has 0 aliphatic carbocycles. The van der Waals surface area contributed by atoms with Crippen LogP contribution in [0.25, 0.3) is 0 Å². The average molecular weight is 267 g/mol. The van der Waals surface area contributed by atoms with Crippen molar-refractivity contribution in [3.63, 3.8) is 0 Å². The Kier molecular flexibility index (Phi) is 5.37. The fraction of sp³-hybridized carbons (Fsp3) is 0.462. The summed E-state index contributed by atoms with van der Waals surface area (Å²) >= 11 is 5.06. The highest BCUT2D eigenvalue weighted by atomic mass is 32.1. The first-order chi connectivity index (χ1) is 8.43. The molecule has 0 heterocycles. The molecule has 1 atom stereocenters. The summed E-state index contributed by atoms with van der Waals surface area (Å²) in [6.45, 7) is 3.04. The van der Waals surface area contributed by atoms with Crippen molar-refractivity contribution in [2.45, 2.75) is 13.0 Å². The van der Waals surface area contributed by atoms with Crippen LogP contribution in [-0.2, 0) is 0 Å². The molecule has 0 radical (unpaired) electrons. The number of ether oxygens (including phenoxy) is 1. The van der Waals surface area contributed by atoms with Gasteiger partial charge in [0.05, 0.1) is 7.11 Å². The van der Waals surface area contributed by atoms with Crippen molar-refractivity contribution in [1.82, 2.24) is 4.90 Å². The molecular weight excluding hydrogens is 246 g/mol. The Hall–Kier alpha value is -1.33. The van der Waals surface area contributed by atoms with Gasteiger partial charge in [-0.3, -0.25) is 0 Å². The molecule has 4 nitrogen and oxygen atoms in total. The van der Waals surface area contributed by atoms with Gasteiger partial charge in [-0.05, 0) is 33.2 Å². The van der Waals surface area contributed by atoms with Gasteiger partial charge in [0.25, 0.3) is 0 Å². The molecular formula is C13H21N3OS. The largest absolute Gasteiger partial charge is 0.497 e. The molecule has 0 fully saturated rings. The van der Waals surface area contributed by atoms with Crippen LogP contribution in [-0.4, -0.2) is 43.7 Å². The molecule has 1 rings (SSSR count). The minimum Gasteiger partial charge on any atom is -0.497 e. The molecule has 0 aromatic heterocycles. The number of nitrogens with zero attached hydrogens (tertiary/aromatic N) is 1. The van der Waals surface area contributed by atoms with Crippen LogP contribution in [0, 0.1) is 0 Å². The van der Waals surface area contributed by atoms with E-state index in [0.29, 0.717) is 11.0 Å². The fourth-order valence-corrected chi connectivity index (χ4v) is 2.02. The van der Waals surface area contributed by atoms with Crippen molar-refractivity contribution in [1.29, 1.82) is 0 Å². The van der Waals surface area contributed by atoms with Gasteiger partial charge >= 0.3 is 0 Å². The van der Waals surface area contributed by atoms with Gasteiger partial charge in [-0.25, -0.2) is 0 Å². The number of nitrogens with two attached hydrogens (primary N) is 1. The first-order valence-electron chi connectivity index (χ1n) is 5.83. The van der Waals surface area contributed by atoms with Crippen LogP contribution in [0.2, 0.25) is 0 Å². The van der Waals surface area contributed by atoms with Gasteiger partial charge in [-0.2, -0.15) is 0 Å². The highest BCUT2D eigenvalue weighted by molar-refractivity contribution is 7.80. The summed E-state index contributed by atoms with van der Waals surface area (Å²) in [7, 11) is 5.72. The van der Waals surface area contributed by atoms with E-state index in [0.717, 1.165) is 23.5 Å². The van der Waals surface area contributed by atoms with Crippen molar-refractivity contribution < 1.29 is 4.74 Å². The van der Waals surface area contributed by atoms with Crippen LogP contribution >= 0.6 is 12.2 Å². The van der Waals surface area contributed by atoms with E-state index < -0.39 is 0 Å². The van der Waals surface area contributed by atoms with E-state index in [-0.39, 0.29) is 0 Å². The van der Waals surface area contributed by atoms with Crippen molar-refractivity contribution >= 4 is 22.9 Å². The number of nitrogens with one attached hydrogen (secondary N) is 1. The number of hydrogen-bond acceptors (Lipinski definition) is 4. The summed E-state index contributed by atoms with van der Waals surface area (Å²) in [5, 5.41) is 3.41. The number of rotatable bonds is 6. The zero-order valence-corrected chi connectivity index (χ0v) is 12.2. The maximum absolute atomic E-state index is 5.72. The lowest BCUT2D eigenvalue weighted by atomic mass is 10.1. The summed E-state index contributed by atoms with van der Waals surface area (Å²) in [5.74, 6) is 0.787. The summed E-state index contributed by atoms with van der Waals surface area (Å²) in [4.78, 5) is 2.51. The van der Waals surface area contributed by atoms with Crippen molar-refractivity contribution in [3.8, 4) is 5.75 Å². The van der Waals surface area contributed by atoms with Crippen LogP contribution < -0.4 is 15.8 Å². The molecule has 0 saturated carbocycles. The Labute approximate surface area is 114 Å². The van der Waals surface area contributed by atoms with Crippen molar-refractivity contribution in [2.75, 3.05) is 33.1 Å². The third-order valence-electron chi connectivity index (χ3n) is 2.53. The Morgan fingerprint density at radius 3 is 2.67 bits per heavy atom. The number of thiocarbonyl (C=S) groups is 1. The highest BCUT2D eigenvalue weighted by Crippen LogP contribution is 2.23. The SMILES string of the molecule is COc1ccc(C(N)=S)c(NC(C)CN(C)C)c1. The number of anilines is 1. The molecule has 0 aliphatic heterocycles. The van der Waals surface area contributed by atoms with Crippen molar-refractivity contribution in [2.24, 2.45) is 5.73 Å². The molecule has 0 aliphatic rings. The summed E-state index contributed by atoms with van der Waals surface area (Å²) < 4.78 is 5.22. The number of likely N-dealkylation sites (N-methyl/N-ethyl adjacent to an activating group) is 1. The number of benzene rings is 1. The summed E-state index contributed by atoms with van der Waals surface area (Å²) in [5.41, 5.74) is 7.48. The molecule has 1 unspecified atom stereocenters. The molecule has 0 amide bonds. The maximum Gasteiger partial charge on any atom is 0.120 e. The summed E-state index contributed by atoms with van der Waals surface area (Å²) in [6.07, 6.45) is 0. The van der Waals surface area contributed by atoms with E-state index in [1.165, 1.54) is 0 Å². The normalized spacial score (nSPS) is 12.3. The third-order valence-corrected chi connectivity index (χ3v) is 2.75. The van der Waals surface area contributed by atoms with Gasteiger partial charge in [0.2, 0.25) is 0 Å². The predicted molar refractivity (Wildman–Crippen MR) is 80.5 cm³/mol. The highest BCUT2D eigenvalue weighted by Gasteiger charge is 2.10. The maximum atomic E-state index is 5.72. The zero-order chi connectivity index (χ0) is 13.7. The van der Waals surface area contributed by atoms with E-state index in [4.69, 9.17) is 22.7 Å². The van der Waals surface area contributed by atoms with Crippen LogP contribution in [0.4, 0.5) is 5.69 Å². The van der Waals surface area contributed by atoms with E-state index in [2.05, 4.69) is 17.1 Å². The number of hydrogen-bond donors (Lipinski definition) is 2. The molecule has 1 aromatic rings. The van der Waals surface area contributed by atoms with E-state index in [1.807, 2.05) is 32.3 Å². The second-order valence-corrected chi connectivity index (χ2v) is 5.02. The smallest absolute Gasteiger partial charge is 0.120 e.